The second-order valence-corrected chi connectivity index (χ2v) is 2.70. The Labute approximate surface area is 64.3 Å². The van der Waals surface area contributed by atoms with Gasteiger partial charge in [-0.15, -0.1) is 0 Å². The van der Waals surface area contributed by atoms with Gasteiger partial charge in [-0.2, -0.15) is 0 Å². The molecule has 4 heteroatoms. The van der Waals surface area contributed by atoms with Crippen LogP contribution in [-0.4, -0.2) is 13.2 Å². The Morgan fingerprint density at radius 1 is 1.55 bits per heavy atom. The van der Waals surface area contributed by atoms with Crippen LogP contribution in [0.25, 0.3) is 0 Å². The van der Waals surface area contributed by atoms with Gasteiger partial charge >= 0.3 is 0 Å². The fraction of sp³-hybridized carbons (Fsp3) is 0.429. The lowest BCUT2D eigenvalue weighted by Crippen LogP contribution is -2.59. The van der Waals surface area contributed by atoms with Crippen molar-refractivity contribution in [2.75, 3.05) is 13.2 Å². The molecule has 4 nitrogen and oxygen atoms in total. The van der Waals surface area contributed by atoms with E-state index in [1.807, 2.05) is 12.1 Å². The number of hydrazine groups is 1. The van der Waals surface area contributed by atoms with Crippen LogP contribution >= 0.6 is 0 Å². The van der Waals surface area contributed by atoms with Gasteiger partial charge in [-0.3, -0.25) is 5.84 Å². The van der Waals surface area contributed by atoms with Crippen LogP contribution < -0.4 is 11.3 Å². The van der Waals surface area contributed by atoms with Gasteiger partial charge in [0.05, 0.1) is 19.5 Å². The molecule has 1 aromatic rings. The van der Waals surface area contributed by atoms with Crippen molar-refractivity contribution in [2.24, 2.45) is 5.84 Å². The lowest BCUT2D eigenvalue weighted by atomic mass is 9.95. The van der Waals surface area contributed by atoms with Crippen LogP contribution in [0, 0.1) is 0 Å². The predicted octanol–water partition coefficient (Wildman–Crippen LogP) is -0.0316. The number of nitrogens with two attached hydrogens (primary N) is 1. The molecule has 2 heterocycles. The number of rotatable bonds is 2. The Morgan fingerprint density at radius 3 is 2.73 bits per heavy atom. The van der Waals surface area contributed by atoms with Crippen LogP contribution in [0.2, 0.25) is 0 Å². The van der Waals surface area contributed by atoms with E-state index in [0.29, 0.717) is 13.2 Å². The minimum Gasteiger partial charge on any atom is -0.467 e. The first-order valence-electron chi connectivity index (χ1n) is 3.47. The van der Waals surface area contributed by atoms with Crippen molar-refractivity contribution in [3.05, 3.63) is 24.2 Å². The van der Waals surface area contributed by atoms with E-state index in [9.17, 15) is 0 Å². The van der Waals surface area contributed by atoms with E-state index >= 15 is 0 Å². The second kappa shape index (κ2) is 2.34. The lowest BCUT2D eigenvalue weighted by Gasteiger charge is -2.38. The molecule has 0 radical (unpaired) electrons. The maximum absolute atomic E-state index is 5.37. The zero-order chi connectivity index (χ0) is 7.73. The molecule has 60 valence electrons. The summed E-state index contributed by atoms with van der Waals surface area (Å²) < 4.78 is 10.3. The van der Waals surface area contributed by atoms with Crippen molar-refractivity contribution >= 4 is 0 Å². The SMILES string of the molecule is NNC1(c2ccco2)COC1. The summed E-state index contributed by atoms with van der Waals surface area (Å²) in [5.74, 6) is 6.21. The number of hydrogen-bond donors (Lipinski definition) is 2. The van der Waals surface area contributed by atoms with E-state index in [1.165, 1.54) is 0 Å². The Hall–Kier alpha value is -0.840. The first-order chi connectivity index (χ1) is 5.37. The van der Waals surface area contributed by atoms with Crippen LogP contribution in [0.5, 0.6) is 0 Å². The summed E-state index contributed by atoms with van der Waals surface area (Å²) in [6.07, 6.45) is 1.63. The first-order valence-corrected chi connectivity index (χ1v) is 3.47. The third-order valence-electron chi connectivity index (χ3n) is 1.97. The van der Waals surface area contributed by atoms with Crippen molar-refractivity contribution in [1.29, 1.82) is 0 Å². The fourth-order valence-corrected chi connectivity index (χ4v) is 1.15. The highest BCUT2D eigenvalue weighted by Crippen LogP contribution is 2.28. The van der Waals surface area contributed by atoms with Gasteiger partial charge in [-0.1, -0.05) is 0 Å². The lowest BCUT2D eigenvalue weighted by molar-refractivity contribution is -0.0886. The van der Waals surface area contributed by atoms with Gasteiger partial charge in [-0.05, 0) is 12.1 Å². The Morgan fingerprint density at radius 2 is 2.36 bits per heavy atom. The minimum atomic E-state index is -0.274. The smallest absolute Gasteiger partial charge is 0.136 e. The highest BCUT2D eigenvalue weighted by atomic mass is 16.5. The first kappa shape index (κ1) is 6.84. The molecule has 2 rings (SSSR count). The minimum absolute atomic E-state index is 0.274. The summed E-state index contributed by atoms with van der Waals surface area (Å²) in [4.78, 5) is 0. The van der Waals surface area contributed by atoms with Crippen molar-refractivity contribution in [3.8, 4) is 0 Å². The van der Waals surface area contributed by atoms with E-state index < -0.39 is 0 Å². The molecule has 1 aliphatic rings. The summed E-state index contributed by atoms with van der Waals surface area (Å²) in [5.41, 5.74) is 2.42. The van der Waals surface area contributed by atoms with Gasteiger partial charge in [0.2, 0.25) is 0 Å². The topological polar surface area (TPSA) is 60.4 Å². The van der Waals surface area contributed by atoms with Crippen molar-refractivity contribution < 1.29 is 9.15 Å². The van der Waals surface area contributed by atoms with Gasteiger partial charge in [0.15, 0.2) is 0 Å². The molecular weight excluding hydrogens is 144 g/mol. The Balaban J connectivity index is 2.25. The molecule has 1 aliphatic heterocycles. The molecule has 1 fully saturated rings. The highest BCUT2D eigenvalue weighted by Gasteiger charge is 2.41. The molecule has 11 heavy (non-hydrogen) atoms. The summed E-state index contributed by atoms with van der Waals surface area (Å²) in [5, 5.41) is 0. The molecule has 0 bridgehead atoms. The summed E-state index contributed by atoms with van der Waals surface area (Å²) in [6, 6.07) is 3.73. The number of furan rings is 1. The van der Waals surface area contributed by atoms with Crippen molar-refractivity contribution in [1.82, 2.24) is 5.43 Å². The molecule has 1 aromatic heterocycles. The van der Waals surface area contributed by atoms with Crippen molar-refractivity contribution in [3.63, 3.8) is 0 Å². The van der Waals surface area contributed by atoms with Crippen LogP contribution in [0.4, 0.5) is 0 Å². The molecule has 0 atom stereocenters. The molecule has 0 unspecified atom stereocenters. The quantitative estimate of drug-likeness (QED) is 0.464. The molecule has 0 saturated carbocycles. The Bertz CT molecular complexity index is 223. The molecule has 1 saturated heterocycles. The van der Waals surface area contributed by atoms with Crippen LogP contribution in [0.1, 0.15) is 5.76 Å². The zero-order valence-electron chi connectivity index (χ0n) is 6.04. The van der Waals surface area contributed by atoms with E-state index in [-0.39, 0.29) is 5.54 Å². The summed E-state index contributed by atoms with van der Waals surface area (Å²) in [6.45, 7) is 1.16. The van der Waals surface area contributed by atoms with Gasteiger partial charge in [-0.25, -0.2) is 5.43 Å². The van der Waals surface area contributed by atoms with E-state index in [1.54, 1.807) is 6.26 Å². The maximum atomic E-state index is 5.37. The molecule has 3 N–H and O–H groups in total. The monoisotopic (exact) mass is 154 g/mol. The normalized spacial score (nSPS) is 21.2. The highest BCUT2D eigenvalue weighted by molar-refractivity contribution is 5.15. The third kappa shape index (κ3) is 0.875. The average molecular weight is 154 g/mol. The largest absolute Gasteiger partial charge is 0.467 e. The number of hydrogen-bond acceptors (Lipinski definition) is 4. The number of ether oxygens (including phenoxy) is 1. The molecule has 0 aliphatic carbocycles. The second-order valence-electron chi connectivity index (χ2n) is 2.70. The summed E-state index contributed by atoms with van der Waals surface area (Å²) in [7, 11) is 0. The molecule has 0 amide bonds. The Kier molecular flexibility index (Phi) is 1.45. The zero-order valence-corrected chi connectivity index (χ0v) is 6.04. The predicted molar refractivity (Wildman–Crippen MR) is 38.5 cm³/mol. The fourth-order valence-electron chi connectivity index (χ4n) is 1.15. The third-order valence-corrected chi connectivity index (χ3v) is 1.97. The molecular formula is C7H10N2O2. The number of nitrogens with one attached hydrogen (secondary N) is 1. The van der Waals surface area contributed by atoms with E-state index in [4.69, 9.17) is 15.0 Å². The van der Waals surface area contributed by atoms with Gasteiger partial charge < -0.3 is 9.15 Å². The van der Waals surface area contributed by atoms with Crippen LogP contribution in [0.15, 0.2) is 22.8 Å². The van der Waals surface area contributed by atoms with Crippen LogP contribution in [-0.2, 0) is 10.3 Å². The molecule has 0 aromatic carbocycles. The van der Waals surface area contributed by atoms with Crippen molar-refractivity contribution in [2.45, 2.75) is 5.54 Å². The van der Waals surface area contributed by atoms with Crippen LogP contribution in [0.3, 0.4) is 0 Å². The standard InChI is InChI=1S/C7H10N2O2/c8-9-7(4-10-5-7)6-2-1-3-11-6/h1-3,9H,4-5,8H2. The maximum Gasteiger partial charge on any atom is 0.136 e. The molecule has 0 spiro atoms. The summed E-state index contributed by atoms with van der Waals surface area (Å²) >= 11 is 0. The van der Waals surface area contributed by atoms with E-state index in [2.05, 4.69) is 5.43 Å². The van der Waals surface area contributed by atoms with Gasteiger partial charge in [0, 0.05) is 0 Å². The van der Waals surface area contributed by atoms with Gasteiger partial charge in [0.1, 0.15) is 11.3 Å². The van der Waals surface area contributed by atoms with E-state index in [0.717, 1.165) is 5.76 Å². The van der Waals surface area contributed by atoms with Gasteiger partial charge in [0.25, 0.3) is 0 Å². The average Bonchev–Trinajstić information content (AvgIpc) is 2.39.